The predicted octanol–water partition coefficient (Wildman–Crippen LogP) is 4.80. The molecule has 5 rings (SSSR count). The number of non-ortho nitro benzene ring substituents is 1. The first-order valence-corrected chi connectivity index (χ1v) is 10.8. The Morgan fingerprint density at radius 1 is 1.03 bits per heavy atom. The molecule has 0 saturated carbocycles. The molecule has 0 saturated heterocycles. The molecule has 168 valence electrons. The molecule has 34 heavy (non-hydrogen) atoms. The summed E-state index contributed by atoms with van der Waals surface area (Å²) >= 11 is 0. The van der Waals surface area contributed by atoms with Gasteiger partial charge in [-0.2, -0.15) is 5.10 Å². The molecule has 8 heteroatoms. The van der Waals surface area contributed by atoms with Crippen molar-refractivity contribution >= 4 is 28.2 Å². The molecule has 0 fully saturated rings. The minimum Gasteiger partial charge on any atom is -0.321 e. The number of carbonyl (C=O) groups excluding carboxylic acids is 1. The van der Waals surface area contributed by atoms with Crippen molar-refractivity contribution in [1.29, 1.82) is 0 Å². The van der Waals surface area contributed by atoms with Crippen molar-refractivity contribution in [3.8, 4) is 11.1 Å². The van der Waals surface area contributed by atoms with Crippen molar-refractivity contribution in [2.24, 2.45) is 5.10 Å². The Kier molecular flexibility index (Phi) is 5.25. The molecular formula is C26H20N4O4. The lowest BCUT2D eigenvalue weighted by atomic mass is 9.91. The van der Waals surface area contributed by atoms with Gasteiger partial charge in [0.05, 0.1) is 22.2 Å². The second-order valence-corrected chi connectivity index (χ2v) is 8.10. The van der Waals surface area contributed by atoms with E-state index in [2.05, 4.69) is 10.1 Å². The molecule has 4 aromatic rings. The Morgan fingerprint density at radius 2 is 1.71 bits per heavy atom. The van der Waals surface area contributed by atoms with Crippen molar-refractivity contribution in [3.05, 3.63) is 110 Å². The van der Waals surface area contributed by atoms with Crippen LogP contribution in [0.15, 0.2) is 88.8 Å². The maximum Gasteiger partial charge on any atom is 0.270 e. The molecule has 1 atom stereocenters. The van der Waals surface area contributed by atoms with E-state index in [0.717, 1.165) is 11.1 Å². The van der Waals surface area contributed by atoms with Gasteiger partial charge in [0, 0.05) is 41.9 Å². The topological polar surface area (TPSA) is 109 Å². The summed E-state index contributed by atoms with van der Waals surface area (Å²) in [5.41, 5.74) is 3.00. The average molecular weight is 452 g/mol. The summed E-state index contributed by atoms with van der Waals surface area (Å²) in [5, 5.41) is 18.0. The summed E-state index contributed by atoms with van der Waals surface area (Å²) in [6, 6.07) is 22.8. The summed E-state index contributed by atoms with van der Waals surface area (Å²) < 4.78 is 0. The van der Waals surface area contributed by atoms with Crippen molar-refractivity contribution in [2.75, 3.05) is 0 Å². The first-order chi connectivity index (χ1) is 16.4. The fraction of sp³-hybridized carbons (Fsp3) is 0.115. The number of aromatic amines is 1. The van der Waals surface area contributed by atoms with Crippen LogP contribution >= 0.6 is 0 Å². The molecule has 1 unspecified atom stereocenters. The van der Waals surface area contributed by atoms with Crippen LogP contribution in [0.4, 0.5) is 5.69 Å². The van der Waals surface area contributed by atoms with E-state index in [1.54, 1.807) is 0 Å². The second kappa shape index (κ2) is 8.40. The van der Waals surface area contributed by atoms with Crippen molar-refractivity contribution in [3.63, 3.8) is 0 Å². The lowest BCUT2D eigenvalue weighted by molar-refractivity contribution is -0.384. The Hall–Kier alpha value is -4.59. The zero-order valence-electron chi connectivity index (χ0n) is 18.3. The van der Waals surface area contributed by atoms with Crippen LogP contribution in [-0.2, 0) is 4.79 Å². The molecule has 1 aromatic heterocycles. The Labute approximate surface area is 194 Å². The number of nitrogens with one attached hydrogen (secondary N) is 1. The number of H-pyrrole nitrogens is 1. The lowest BCUT2D eigenvalue weighted by Crippen LogP contribution is -2.24. The number of pyridine rings is 1. The van der Waals surface area contributed by atoms with Gasteiger partial charge >= 0.3 is 0 Å². The van der Waals surface area contributed by atoms with Crippen molar-refractivity contribution < 1.29 is 9.72 Å². The van der Waals surface area contributed by atoms with E-state index in [-0.39, 0.29) is 23.2 Å². The van der Waals surface area contributed by atoms with Crippen LogP contribution in [0.2, 0.25) is 0 Å². The first-order valence-electron chi connectivity index (χ1n) is 10.8. The zero-order valence-corrected chi connectivity index (χ0v) is 18.3. The molecule has 1 aliphatic rings. The summed E-state index contributed by atoms with van der Waals surface area (Å²) in [6.07, 6.45) is 0.340. The third kappa shape index (κ3) is 3.65. The minimum atomic E-state index is -0.463. The van der Waals surface area contributed by atoms with Gasteiger partial charge < -0.3 is 4.98 Å². The summed E-state index contributed by atoms with van der Waals surface area (Å²) in [4.78, 5) is 39.7. The first kappa shape index (κ1) is 21.3. The van der Waals surface area contributed by atoms with Gasteiger partial charge in [0.25, 0.3) is 11.2 Å². The van der Waals surface area contributed by atoms with Gasteiger partial charge in [-0.25, -0.2) is 5.01 Å². The third-order valence-electron chi connectivity index (χ3n) is 5.98. The van der Waals surface area contributed by atoms with Crippen LogP contribution in [0.5, 0.6) is 0 Å². The van der Waals surface area contributed by atoms with Crippen LogP contribution in [-0.4, -0.2) is 26.5 Å². The normalized spacial score (nSPS) is 15.4. The van der Waals surface area contributed by atoms with Crippen LogP contribution in [0.1, 0.15) is 30.5 Å². The molecule has 2 heterocycles. The smallest absolute Gasteiger partial charge is 0.270 e. The van der Waals surface area contributed by atoms with E-state index in [1.165, 1.54) is 30.1 Å². The second-order valence-electron chi connectivity index (χ2n) is 8.10. The molecule has 0 aliphatic carbocycles. The maximum absolute atomic E-state index is 13.4. The SMILES string of the molecule is CC(=O)N1N=C(c2c(-c3ccccc3)c3cc([N+](=O)[O-])ccc3[nH]c2=O)CC1c1ccccc1. The van der Waals surface area contributed by atoms with Gasteiger partial charge in [-0.3, -0.25) is 19.7 Å². The minimum absolute atomic E-state index is 0.0800. The van der Waals surface area contributed by atoms with Crippen LogP contribution < -0.4 is 5.56 Å². The number of carbonyl (C=O) groups is 1. The van der Waals surface area contributed by atoms with Crippen molar-refractivity contribution in [2.45, 2.75) is 19.4 Å². The lowest BCUT2D eigenvalue weighted by Gasteiger charge is -2.20. The average Bonchev–Trinajstić information content (AvgIpc) is 3.29. The van der Waals surface area contributed by atoms with E-state index in [0.29, 0.717) is 34.2 Å². The van der Waals surface area contributed by atoms with Gasteiger partial charge in [-0.1, -0.05) is 60.7 Å². The highest BCUT2D eigenvalue weighted by molar-refractivity contribution is 6.13. The number of fused-ring (bicyclic) bond motifs is 1. The standard InChI is InChI=1S/C26H20N4O4/c1-16(31)29-23(17-8-4-2-5-9-17)15-22(28-29)25-24(18-10-6-3-7-11-18)20-14-19(30(33)34)12-13-21(20)27-26(25)32/h2-14,23H,15H2,1H3,(H,27,32). The molecule has 8 nitrogen and oxygen atoms in total. The zero-order chi connectivity index (χ0) is 23.8. The maximum atomic E-state index is 13.4. The van der Waals surface area contributed by atoms with E-state index < -0.39 is 4.92 Å². The van der Waals surface area contributed by atoms with E-state index in [4.69, 9.17) is 0 Å². The summed E-state index contributed by atoms with van der Waals surface area (Å²) in [7, 11) is 0. The van der Waals surface area contributed by atoms with Crippen LogP contribution in [0, 0.1) is 10.1 Å². The highest BCUT2D eigenvalue weighted by atomic mass is 16.6. The predicted molar refractivity (Wildman–Crippen MR) is 130 cm³/mol. The van der Waals surface area contributed by atoms with Gasteiger partial charge in [0.15, 0.2) is 0 Å². The summed E-state index contributed by atoms with van der Waals surface area (Å²) in [5.74, 6) is -0.238. The molecule has 1 N–H and O–H groups in total. The number of amides is 1. The fourth-order valence-corrected chi connectivity index (χ4v) is 4.46. The molecular weight excluding hydrogens is 432 g/mol. The number of hydrogen-bond acceptors (Lipinski definition) is 5. The van der Waals surface area contributed by atoms with Crippen LogP contribution in [0.3, 0.4) is 0 Å². The van der Waals surface area contributed by atoms with E-state index in [9.17, 15) is 19.7 Å². The van der Waals surface area contributed by atoms with Crippen LogP contribution in [0.25, 0.3) is 22.0 Å². The third-order valence-corrected chi connectivity index (χ3v) is 5.98. The van der Waals surface area contributed by atoms with Gasteiger partial charge in [-0.05, 0) is 17.2 Å². The molecule has 0 radical (unpaired) electrons. The number of nitro benzene ring substituents is 1. The number of aromatic nitrogens is 1. The number of rotatable bonds is 4. The molecule has 1 aliphatic heterocycles. The largest absolute Gasteiger partial charge is 0.321 e. The van der Waals surface area contributed by atoms with E-state index in [1.807, 2.05) is 60.7 Å². The molecule has 1 amide bonds. The molecule has 0 spiro atoms. The number of benzene rings is 3. The Balaban J connectivity index is 1.77. The Bertz CT molecular complexity index is 1510. The highest BCUT2D eigenvalue weighted by Gasteiger charge is 2.34. The number of hydrazone groups is 1. The van der Waals surface area contributed by atoms with Gasteiger partial charge in [-0.15, -0.1) is 0 Å². The monoisotopic (exact) mass is 452 g/mol. The molecule has 0 bridgehead atoms. The Morgan fingerprint density at radius 3 is 2.35 bits per heavy atom. The fourth-order valence-electron chi connectivity index (χ4n) is 4.46. The number of nitro groups is 1. The quantitative estimate of drug-likeness (QED) is 0.354. The number of hydrogen-bond donors (Lipinski definition) is 1. The van der Waals surface area contributed by atoms with Gasteiger partial charge in [0.1, 0.15) is 0 Å². The van der Waals surface area contributed by atoms with E-state index >= 15 is 0 Å². The van der Waals surface area contributed by atoms with Gasteiger partial charge in [0.2, 0.25) is 5.91 Å². The number of nitrogens with zero attached hydrogens (tertiary/aromatic N) is 3. The molecule has 3 aromatic carbocycles. The van der Waals surface area contributed by atoms with Crippen molar-refractivity contribution in [1.82, 2.24) is 9.99 Å². The highest BCUT2D eigenvalue weighted by Crippen LogP contribution is 2.37. The summed E-state index contributed by atoms with van der Waals surface area (Å²) in [6.45, 7) is 1.44.